The van der Waals surface area contributed by atoms with Crippen molar-refractivity contribution in [2.24, 2.45) is 0 Å². The number of nitrogens with zero attached hydrogens (tertiary/aromatic N) is 1. The number of alkyl halides is 3. The van der Waals surface area contributed by atoms with E-state index in [2.05, 4.69) is 18.9 Å². The highest BCUT2D eigenvalue weighted by Crippen LogP contribution is 2.20. The first-order chi connectivity index (χ1) is 8.09. The Balaban J connectivity index is 0.000000331. The van der Waals surface area contributed by atoms with E-state index in [4.69, 9.17) is 13.0 Å². The normalized spacial score (nSPS) is 21.6. The maximum atomic E-state index is 10.7. The minimum absolute atomic E-state index is 0.917. The minimum atomic E-state index is -5.84. The Morgan fingerprint density at radius 2 is 1.89 bits per heavy atom. The summed E-state index contributed by atoms with van der Waals surface area (Å²) in [6, 6.07) is 0.917. The highest BCUT2D eigenvalue weighted by Gasteiger charge is 2.44. The molecule has 1 unspecified atom stereocenters. The largest absolute Gasteiger partial charge is 0.522 e. The van der Waals surface area contributed by atoms with Crippen molar-refractivity contribution in [3.63, 3.8) is 0 Å². The fourth-order valence-corrected chi connectivity index (χ4v) is 1.78. The molecule has 1 aliphatic rings. The van der Waals surface area contributed by atoms with Crippen LogP contribution in [0.1, 0.15) is 39.0 Å². The van der Waals surface area contributed by atoms with Gasteiger partial charge in [0.15, 0.2) is 0 Å². The Labute approximate surface area is 106 Å². The van der Waals surface area contributed by atoms with E-state index in [-0.39, 0.29) is 0 Å². The molecule has 0 saturated carbocycles. The number of likely N-dealkylation sites (tertiary alicyclic amines) is 1. The molecule has 1 fully saturated rings. The molecule has 110 valence electrons. The van der Waals surface area contributed by atoms with E-state index in [9.17, 15) is 13.2 Å². The van der Waals surface area contributed by atoms with Crippen molar-refractivity contribution in [1.82, 2.24) is 4.90 Å². The third kappa shape index (κ3) is 6.55. The van der Waals surface area contributed by atoms with Gasteiger partial charge in [0, 0.05) is 6.04 Å². The maximum absolute atomic E-state index is 10.7. The van der Waals surface area contributed by atoms with Crippen LogP contribution >= 0.6 is 0 Å². The van der Waals surface area contributed by atoms with Gasteiger partial charge in [-0.1, -0.05) is 19.8 Å². The molecule has 0 amide bonds. The number of halogens is 3. The van der Waals surface area contributed by atoms with Crippen LogP contribution in [-0.2, 0) is 10.1 Å². The van der Waals surface area contributed by atoms with E-state index in [0.29, 0.717) is 0 Å². The molecule has 0 radical (unpaired) electrons. The van der Waals surface area contributed by atoms with Crippen molar-refractivity contribution in [3.8, 4) is 0 Å². The van der Waals surface area contributed by atoms with Gasteiger partial charge in [0.2, 0.25) is 0 Å². The zero-order valence-electron chi connectivity index (χ0n) is 10.6. The average Bonchev–Trinajstić information content (AvgIpc) is 2.59. The monoisotopic (exact) mass is 291 g/mol. The standard InChI is InChI=1S/C9H19N.CHF3O3S/c1-3-4-6-9-7-5-8-10(9)2;2-1(3,4)8(5,6)7/h9H,3-8H2,1-2H3;(H,5,6,7). The first-order valence-corrected chi connectivity index (χ1v) is 7.27. The summed E-state index contributed by atoms with van der Waals surface area (Å²) in [7, 11) is -3.58. The fraction of sp³-hybridized carbons (Fsp3) is 1.00. The third-order valence-corrected chi connectivity index (χ3v) is 3.44. The van der Waals surface area contributed by atoms with Gasteiger partial charge in [-0.3, -0.25) is 4.55 Å². The second-order valence-electron chi connectivity index (χ2n) is 4.34. The summed E-state index contributed by atoms with van der Waals surface area (Å²) in [4.78, 5) is 2.51. The lowest BCUT2D eigenvalue weighted by molar-refractivity contribution is -0.0510. The van der Waals surface area contributed by atoms with Crippen molar-refractivity contribution in [1.29, 1.82) is 0 Å². The molecule has 8 heteroatoms. The van der Waals surface area contributed by atoms with Crippen molar-refractivity contribution in [2.75, 3.05) is 13.6 Å². The van der Waals surface area contributed by atoms with Gasteiger partial charge in [0.25, 0.3) is 0 Å². The third-order valence-electron chi connectivity index (χ3n) is 2.85. The first-order valence-electron chi connectivity index (χ1n) is 5.83. The van der Waals surface area contributed by atoms with Gasteiger partial charge < -0.3 is 4.90 Å². The maximum Gasteiger partial charge on any atom is 0.522 e. The van der Waals surface area contributed by atoms with Gasteiger partial charge in [-0.05, 0) is 32.9 Å². The van der Waals surface area contributed by atoms with E-state index in [0.717, 1.165) is 6.04 Å². The van der Waals surface area contributed by atoms with Gasteiger partial charge in [0.05, 0.1) is 0 Å². The number of hydrogen-bond donors (Lipinski definition) is 1. The highest BCUT2D eigenvalue weighted by molar-refractivity contribution is 7.86. The number of hydrogen-bond acceptors (Lipinski definition) is 3. The van der Waals surface area contributed by atoms with Crippen LogP contribution in [0.3, 0.4) is 0 Å². The summed E-state index contributed by atoms with van der Waals surface area (Å²) < 4.78 is 57.5. The van der Waals surface area contributed by atoms with Gasteiger partial charge in [-0.25, -0.2) is 0 Å². The summed E-state index contributed by atoms with van der Waals surface area (Å²) in [5.74, 6) is 0. The quantitative estimate of drug-likeness (QED) is 0.641. The lowest BCUT2D eigenvalue weighted by atomic mass is 10.1. The molecule has 1 aliphatic heterocycles. The lowest BCUT2D eigenvalue weighted by Gasteiger charge is -2.18. The lowest BCUT2D eigenvalue weighted by Crippen LogP contribution is -2.24. The van der Waals surface area contributed by atoms with Crippen LogP contribution < -0.4 is 0 Å². The van der Waals surface area contributed by atoms with Crippen molar-refractivity contribution >= 4 is 10.1 Å². The molecule has 4 nitrogen and oxygen atoms in total. The van der Waals surface area contributed by atoms with Crippen molar-refractivity contribution < 1.29 is 26.1 Å². The number of unbranched alkanes of at least 4 members (excludes halogenated alkanes) is 1. The van der Waals surface area contributed by atoms with Crippen LogP contribution in [0.15, 0.2) is 0 Å². The fourth-order valence-electron chi connectivity index (χ4n) is 1.78. The molecule has 1 rings (SSSR count). The second kappa shape index (κ2) is 7.30. The summed E-state index contributed by atoms with van der Waals surface area (Å²) in [6.07, 6.45) is 7.05. The molecule has 1 heterocycles. The van der Waals surface area contributed by atoms with Crippen LogP contribution in [-0.4, -0.2) is 43.0 Å². The molecule has 0 spiro atoms. The Morgan fingerprint density at radius 3 is 2.17 bits per heavy atom. The molecule has 1 N–H and O–H groups in total. The van der Waals surface area contributed by atoms with Gasteiger partial charge in [-0.15, -0.1) is 0 Å². The van der Waals surface area contributed by atoms with Crippen LogP contribution in [0.2, 0.25) is 0 Å². The summed E-state index contributed by atoms with van der Waals surface area (Å²) >= 11 is 0. The van der Waals surface area contributed by atoms with Crippen molar-refractivity contribution in [2.45, 2.75) is 50.6 Å². The van der Waals surface area contributed by atoms with Gasteiger partial charge >= 0.3 is 15.6 Å². The SMILES string of the molecule is CCCCC1CCCN1C.O=S(=O)(O)C(F)(F)F. The van der Waals surface area contributed by atoms with E-state index in [1.165, 1.54) is 38.6 Å². The number of rotatable bonds is 3. The molecule has 1 atom stereocenters. The predicted octanol–water partition coefficient (Wildman–Crippen LogP) is 2.66. The Bertz CT molecular complexity index is 330. The molecule has 1 saturated heterocycles. The minimum Gasteiger partial charge on any atom is -0.303 e. The predicted molar refractivity (Wildman–Crippen MR) is 62.8 cm³/mol. The zero-order valence-corrected chi connectivity index (χ0v) is 11.4. The second-order valence-corrected chi connectivity index (χ2v) is 5.75. The molecule has 0 bridgehead atoms. The van der Waals surface area contributed by atoms with Crippen LogP contribution in [0, 0.1) is 0 Å². The smallest absolute Gasteiger partial charge is 0.303 e. The van der Waals surface area contributed by atoms with Crippen LogP contribution in [0.25, 0.3) is 0 Å². The topological polar surface area (TPSA) is 57.6 Å². The Hall–Kier alpha value is -0.340. The molecule has 0 aromatic rings. The van der Waals surface area contributed by atoms with Crippen molar-refractivity contribution in [3.05, 3.63) is 0 Å². The summed E-state index contributed by atoms with van der Waals surface area (Å²) in [6.45, 7) is 3.60. The van der Waals surface area contributed by atoms with Crippen LogP contribution in [0.4, 0.5) is 13.2 Å². The molecular weight excluding hydrogens is 271 g/mol. The molecule has 18 heavy (non-hydrogen) atoms. The average molecular weight is 291 g/mol. The molecule has 0 aliphatic carbocycles. The van der Waals surface area contributed by atoms with E-state index in [1.807, 2.05) is 0 Å². The highest BCUT2D eigenvalue weighted by atomic mass is 32.2. The first kappa shape index (κ1) is 17.7. The van der Waals surface area contributed by atoms with Crippen LogP contribution in [0.5, 0.6) is 0 Å². The molecule has 0 aromatic heterocycles. The van der Waals surface area contributed by atoms with E-state index < -0.39 is 15.6 Å². The van der Waals surface area contributed by atoms with E-state index in [1.54, 1.807) is 0 Å². The van der Waals surface area contributed by atoms with E-state index >= 15 is 0 Å². The summed E-state index contributed by atoms with van der Waals surface area (Å²) in [5.41, 5.74) is -5.53. The molecular formula is C10H20F3NO3S. The Kier molecular flexibility index (Phi) is 7.16. The van der Waals surface area contributed by atoms with Gasteiger partial charge in [0.1, 0.15) is 0 Å². The molecule has 0 aromatic carbocycles. The summed E-state index contributed by atoms with van der Waals surface area (Å²) in [5, 5.41) is 0. The van der Waals surface area contributed by atoms with Gasteiger partial charge in [-0.2, -0.15) is 21.6 Å². The Morgan fingerprint density at radius 1 is 1.39 bits per heavy atom. The zero-order chi connectivity index (χ0) is 14.4.